The van der Waals surface area contributed by atoms with E-state index in [1.165, 1.54) is 0 Å². The van der Waals surface area contributed by atoms with Crippen molar-refractivity contribution in [3.05, 3.63) is 66.2 Å². The molecule has 0 aliphatic carbocycles. The Kier molecular flexibility index (Phi) is 5.76. The Morgan fingerprint density at radius 1 is 1.19 bits per heavy atom. The van der Waals surface area contributed by atoms with E-state index in [2.05, 4.69) is 15.6 Å². The van der Waals surface area contributed by atoms with E-state index in [4.69, 9.17) is 9.15 Å². The standard InChI is InChI=1S/C21H25N3O3/c1-21(2,3)27-20(25)24-12-11-23-19(16-8-6-10-22-14-16)18-13-15-7-4-5-9-17(15)26-18/h4-10,13-14,19,23H,11-12H2,1-3H3,(H,24,25). The predicted molar refractivity (Wildman–Crippen MR) is 105 cm³/mol. The van der Waals surface area contributed by atoms with Crippen molar-refractivity contribution in [1.82, 2.24) is 15.6 Å². The molecule has 0 spiro atoms. The summed E-state index contributed by atoms with van der Waals surface area (Å²) in [6, 6.07) is 13.7. The number of pyridine rings is 1. The fraction of sp³-hybridized carbons (Fsp3) is 0.333. The molecular formula is C21H25N3O3. The highest BCUT2D eigenvalue weighted by molar-refractivity contribution is 5.78. The van der Waals surface area contributed by atoms with Crippen LogP contribution in [-0.4, -0.2) is 29.8 Å². The topological polar surface area (TPSA) is 76.4 Å². The van der Waals surface area contributed by atoms with E-state index in [9.17, 15) is 4.79 Å². The van der Waals surface area contributed by atoms with Crippen LogP contribution < -0.4 is 10.6 Å². The normalized spacial score (nSPS) is 12.7. The molecule has 6 nitrogen and oxygen atoms in total. The third-order valence-electron chi connectivity index (χ3n) is 3.89. The molecule has 3 rings (SSSR count). The van der Waals surface area contributed by atoms with Gasteiger partial charge in [-0.25, -0.2) is 4.79 Å². The quantitative estimate of drug-likeness (QED) is 0.643. The Labute approximate surface area is 158 Å². The number of hydrogen-bond donors (Lipinski definition) is 2. The first-order chi connectivity index (χ1) is 12.9. The molecule has 142 valence electrons. The van der Waals surface area contributed by atoms with Crippen LogP contribution in [-0.2, 0) is 4.74 Å². The van der Waals surface area contributed by atoms with Crippen molar-refractivity contribution in [2.75, 3.05) is 13.1 Å². The lowest BCUT2D eigenvalue weighted by molar-refractivity contribution is 0.0528. The first-order valence-corrected chi connectivity index (χ1v) is 9.01. The van der Waals surface area contributed by atoms with Crippen molar-refractivity contribution in [1.29, 1.82) is 0 Å². The summed E-state index contributed by atoms with van der Waals surface area (Å²) in [6.07, 6.45) is 3.13. The number of ether oxygens (including phenoxy) is 1. The van der Waals surface area contributed by atoms with Gasteiger partial charge in [0.2, 0.25) is 0 Å². The van der Waals surface area contributed by atoms with Crippen LogP contribution in [0.5, 0.6) is 0 Å². The number of benzene rings is 1. The monoisotopic (exact) mass is 367 g/mol. The SMILES string of the molecule is CC(C)(C)OC(=O)NCCNC(c1cccnc1)c1cc2ccccc2o1. The van der Waals surface area contributed by atoms with Crippen LogP contribution >= 0.6 is 0 Å². The molecule has 0 saturated heterocycles. The number of aromatic nitrogens is 1. The van der Waals surface area contributed by atoms with Crippen molar-refractivity contribution in [3.8, 4) is 0 Å². The van der Waals surface area contributed by atoms with E-state index in [0.717, 1.165) is 22.3 Å². The molecule has 0 aliphatic heterocycles. The molecule has 0 radical (unpaired) electrons. The van der Waals surface area contributed by atoms with Crippen molar-refractivity contribution in [3.63, 3.8) is 0 Å². The maximum absolute atomic E-state index is 11.8. The number of nitrogens with one attached hydrogen (secondary N) is 2. The van der Waals surface area contributed by atoms with E-state index in [1.54, 1.807) is 6.20 Å². The first-order valence-electron chi connectivity index (χ1n) is 9.01. The van der Waals surface area contributed by atoms with Gasteiger partial charge in [0.1, 0.15) is 16.9 Å². The van der Waals surface area contributed by atoms with Gasteiger partial charge in [0.25, 0.3) is 0 Å². The van der Waals surface area contributed by atoms with E-state index in [-0.39, 0.29) is 6.04 Å². The van der Waals surface area contributed by atoms with Crippen LogP contribution in [0, 0.1) is 0 Å². The molecule has 1 aromatic carbocycles. The Balaban J connectivity index is 1.67. The minimum atomic E-state index is -0.510. The number of carbonyl (C=O) groups excluding carboxylic acids is 1. The molecule has 1 atom stereocenters. The summed E-state index contributed by atoms with van der Waals surface area (Å²) in [5.74, 6) is 0.807. The highest BCUT2D eigenvalue weighted by Crippen LogP contribution is 2.27. The van der Waals surface area contributed by atoms with E-state index in [1.807, 2.05) is 69.4 Å². The van der Waals surface area contributed by atoms with Gasteiger partial charge in [-0.1, -0.05) is 24.3 Å². The Hall–Kier alpha value is -2.86. The second-order valence-electron chi connectivity index (χ2n) is 7.29. The molecule has 2 aromatic heterocycles. The highest BCUT2D eigenvalue weighted by atomic mass is 16.6. The minimum Gasteiger partial charge on any atom is -0.459 e. The van der Waals surface area contributed by atoms with Crippen LogP contribution in [0.25, 0.3) is 11.0 Å². The molecule has 27 heavy (non-hydrogen) atoms. The number of carbonyl (C=O) groups is 1. The Bertz CT molecular complexity index is 851. The lowest BCUT2D eigenvalue weighted by Gasteiger charge is -2.20. The van der Waals surface area contributed by atoms with E-state index >= 15 is 0 Å². The average Bonchev–Trinajstić information content (AvgIpc) is 3.04. The largest absolute Gasteiger partial charge is 0.459 e. The summed E-state index contributed by atoms with van der Waals surface area (Å²) >= 11 is 0. The average molecular weight is 367 g/mol. The van der Waals surface area contributed by atoms with Crippen LogP contribution in [0.3, 0.4) is 0 Å². The van der Waals surface area contributed by atoms with Crippen LogP contribution in [0.1, 0.15) is 38.1 Å². The molecule has 0 fully saturated rings. The summed E-state index contributed by atoms with van der Waals surface area (Å²) in [5, 5.41) is 7.23. The molecule has 0 saturated carbocycles. The Morgan fingerprint density at radius 3 is 2.70 bits per heavy atom. The van der Waals surface area contributed by atoms with Crippen LogP contribution in [0.15, 0.2) is 59.3 Å². The summed E-state index contributed by atoms with van der Waals surface area (Å²) < 4.78 is 11.3. The molecule has 0 aliphatic rings. The number of alkyl carbamates (subject to hydrolysis) is 1. The molecule has 2 heterocycles. The molecule has 3 aromatic rings. The fourth-order valence-corrected chi connectivity index (χ4v) is 2.77. The smallest absolute Gasteiger partial charge is 0.407 e. The molecule has 6 heteroatoms. The van der Waals surface area contributed by atoms with Gasteiger partial charge in [0, 0.05) is 30.9 Å². The highest BCUT2D eigenvalue weighted by Gasteiger charge is 2.19. The van der Waals surface area contributed by atoms with Gasteiger partial charge >= 0.3 is 6.09 Å². The fourth-order valence-electron chi connectivity index (χ4n) is 2.77. The second-order valence-corrected chi connectivity index (χ2v) is 7.29. The Morgan fingerprint density at radius 2 is 2.00 bits per heavy atom. The van der Waals surface area contributed by atoms with Crippen molar-refractivity contribution < 1.29 is 13.9 Å². The minimum absolute atomic E-state index is 0.161. The van der Waals surface area contributed by atoms with E-state index in [0.29, 0.717) is 13.1 Å². The maximum Gasteiger partial charge on any atom is 0.407 e. The van der Waals surface area contributed by atoms with E-state index < -0.39 is 11.7 Å². The summed E-state index contributed by atoms with van der Waals surface area (Å²) in [4.78, 5) is 16.0. The number of para-hydroxylation sites is 1. The van der Waals surface area contributed by atoms with Gasteiger partial charge in [-0.2, -0.15) is 0 Å². The van der Waals surface area contributed by atoms with Crippen LogP contribution in [0.4, 0.5) is 4.79 Å². The van der Waals surface area contributed by atoms with Gasteiger partial charge in [-0.3, -0.25) is 4.98 Å². The third-order valence-corrected chi connectivity index (χ3v) is 3.89. The van der Waals surface area contributed by atoms with Crippen molar-refractivity contribution >= 4 is 17.1 Å². The molecule has 0 bridgehead atoms. The molecular weight excluding hydrogens is 342 g/mol. The lowest BCUT2D eigenvalue weighted by atomic mass is 10.1. The summed E-state index contributed by atoms with van der Waals surface area (Å²) in [5.41, 5.74) is 1.33. The molecule has 1 unspecified atom stereocenters. The summed E-state index contributed by atoms with van der Waals surface area (Å²) in [7, 11) is 0. The lowest BCUT2D eigenvalue weighted by Crippen LogP contribution is -2.37. The maximum atomic E-state index is 11.8. The van der Waals surface area contributed by atoms with Crippen molar-refractivity contribution in [2.24, 2.45) is 0 Å². The third kappa shape index (κ3) is 5.31. The van der Waals surface area contributed by atoms with Crippen molar-refractivity contribution in [2.45, 2.75) is 32.4 Å². The molecule has 2 N–H and O–H groups in total. The van der Waals surface area contributed by atoms with Gasteiger partial charge in [-0.05, 0) is 44.5 Å². The predicted octanol–water partition coefficient (Wildman–Crippen LogP) is 4.03. The number of furan rings is 1. The number of fused-ring (bicyclic) bond motifs is 1. The zero-order valence-corrected chi connectivity index (χ0v) is 15.9. The number of rotatable bonds is 6. The molecule has 1 amide bonds. The second kappa shape index (κ2) is 8.22. The van der Waals surface area contributed by atoms with Gasteiger partial charge in [0.05, 0.1) is 6.04 Å². The van der Waals surface area contributed by atoms with Gasteiger partial charge in [0.15, 0.2) is 0 Å². The number of nitrogens with zero attached hydrogens (tertiary/aromatic N) is 1. The van der Waals surface area contributed by atoms with Gasteiger partial charge < -0.3 is 19.8 Å². The first kappa shape index (κ1) is 18.9. The zero-order chi connectivity index (χ0) is 19.3. The van der Waals surface area contributed by atoms with Gasteiger partial charge in [-0.15, -0.1) is 0 Å². The summed E-state index contributed by atoms with van der Waals surface area (Å²) in [6.45, 7) is 6.50. The zero-order valence-electron chi connectivity index (χ0n) is 15.9. The van der Waals surface area contributed by atoms with Crippen LogP contribution in [0.2, 0.25) is 0 Å². The number of hydrogen-bond acceptors (Lipinski definition) is 5. The number of amides is 1.